The number of hydrazone groups is 1. The van der Waals surface area contributed by atoms with Gasteiger partial charge in [0.05, 0.1) is 18.0 Å². The summed E-state index contributed by atoms with van der Waals surface area (Å²) in [5.41, 5.74) is 5.31. The van der Waals surface area contributed by atoms with Crippen LogP contribution < -0.4 is 10.7 Å². The smallest absolute Gasteiger partial charge is 0.250 e. The number of anilines is 1. The van der Waals surface area contributed by atoms with E-state index in [0.29, 0.717) is 18.2 Å². The summed E-state index contributed by atoms with van der Waals surface area (Å²) in [6.45, 7) is 6.75. The number of carbonyl (C=O) groups is 1. The van der Waals surface area contributed by atoms with Gasteiger partial charge in [0.25, 0.3) is 5.91 Å². The fourth-order valence-corrected chi connectivity index (χ4v) is 4.51. The van der Waals surface area contributed by atoms with Gasteiger partial charge in [0, 0.05) is 22.1 Å². The number of fused-ring (bicyclic) bond motifs is 1. The molecule has 1 heterocycles. The van der Waals surface area contributed by atoms with E-state index in [9.17, 15) is 4.79 Å². The van der Waals surface area contributed by atoms with Crippen molar-refractivity contribution < 1.29 is 4.79 Å². The molecule has 1 aromatic heterocycles. The second-order valence-electron chi connectivity index (χ2n) is 7.71. The largest absolute Gasteiger partial charge is 0.377 e. The number of nitrogens with one attached hydrogen (secondary N) is 2. The number of benzene rings is 3. The molecular weight excluding hydrogens is 524 g/mol. The maximum absolute atomic E-state index is 12.4. The molecule has 0 aliphatic rings. The fourth-order valence-electron chi connectivity index (χ4n) is 3.49. The summed E-state index contributed by atoms with van der Waals surface area (Å²) in [6.07, 6.45) is 1.79. The first-order valence-electron chi connectivity index (χ1n) is 11.0. The second-order valence-corrected chi connectivity index (χ2v) is 9.56. The van der Waals surface area contributed by atoms with Crippen molar-refractivity contribution in [2.75, 3.05) is 11.1 Å². The summed E-state index contributed by atoms with van der Waals surface area (Å²) in [5, 5.41) is 19.3. The number of rotatable bonds is 10. The van der Waals surface area contributed by atoms with Gasteiger partial charge in [-0.15, -0.1) is 16.8 Å². The van der Waals surface area contributed by atoms with E-state index in [1.807, 2.05) is 60.0 Å². The van der Waals surface area contributed by atoms with E-state index in [1.165, 1.54) is 17.1 Å². The van der Waals surface area contributed by atoms with Crippen LogP contribution in [0.3, 0.4) is 0 Å². The maximum Gasteiger partial charge on any atom is 0.250 e. The van der Waals surface area contributed by atoms with Crippen molar-refractivity contribution in [3.63, 3.8) is 0 Å². The monoisotopic (exact) mass is 548 g/mol. The van der Waals surface area contributed by atoms with Gasteiger partial charge in [0.2, 0.25) is 0 Å². The Bertz CT molecular complexity index is 1360. The van der Waals surface area contributed by atoms with Gasteiger partial charge >= 0.3 is 0 Å². The molecule has 0 saturated carbocycles. The van der Waals surface area contributed by atoms with Gasteiger partial charge in [0.1, 0.15) is 0 Å². The van der Waals surface area contributed by atoms with Crippen LogP contribution in [0, 0.1) is 0 Å². The van der Waals surface area contributed by atoms with Crippen molar-refractivity contribution in [2.45, 2.75) is 25.2 Å². The van der Waals surface area contributed by atoms with E-state index in [2.05, 4.69) is 66.7 Å². The number of halogens is 1. The topological polar surface area (TPSA) is 84.2 Å². The molecule has 9 heteroatoms. The average Bonchev–Trinajstić information content (AvgIpc) is 3.26. The lowest BCUT2D eigenvalue weighted by molar-refractivity contribution is -0.118. The predicted octanol–water partition coefficient (Wildman–Crippen LogP) is 5.62. The average molecular weight is 549 g/mol. The minimum Gasteiger partial charge on any atom is -0.377 e. The molecule has 7 nitrogen and oxygen atoms in total. The number of nitrogens with zero attached hydrogens (tertiary/aromatic N) is 4. The second kappa shape index (κ2) is 11.8. The quantitative estimate of drug-likeness (QED) is 0.116. The molecule has 0 radical (unpaired) electrons. The Labute approximate surface area is 216 Å². The first kappa shape index (κ1) is 24.7. The Morgan fingerprint density at radius 2 is 1.89 bits per heavy atom. The molecule has 0 saturated heterocycles. The van der Waals surface area contributed by atoms with Gasteiger partial charge < -0.3 is 9.88 Å². The Kier molecular flexibility index (Phi) is 8.33. The molecule has 0 fully saturated rings. The molecular formula is C26H25BrN6OS. The number of allylic oxidation sites excluding steroid dienone is 1. The molecule has 4 rings (SSSR count). The third-order valence-electron chi connectivity index (χ3n) is 5.27. The van der Waals surface area contributed by atoms with E-state index in [4.69, 9.17) is 0 Å². The standard InChI is InChI=1S/C26H25BrN6OS/c1-3-15-33-24(16-28-23-10-6-8-20-7-4-5-9-22(20)23)30-32-26(33)35-17-25(34)31-29-18(2)19-11-13-21(27)14-12-19/h3-14,28H,1,15-17H2,2H3,(H,31,34)/b29-18+. The van der Waals surface area contributed by atoms with E-state index >= 15 is 0 Å². The Morgan fingerprint density at radius 3 is 2.69 bits per heavy atom. The summed E-state index contributed by atoms with van der Waals surface area (Å²) in [5.74, 6) is 0.725. The number of carbonyl (C=O) groups excluding carboxylic acids is 1. The van der Waals surface area contributed by atoms with Crippen LogP contribution in [0.5, 0.6) is 0 Å². The van der Waals surface area contributed by atoms with E-state index < -0.39 is 0 Å². The predicted molar refractivity (Wildman–Crippen MR) is 147 cm³/mol. The molecule has 0 bridgehead atoms. The van der Waals surface area contributed by atoms with Gasteiger partial charge in [-0.3, -0.25) is 4.79 Å². The molecule has 0 spiro atoms. The summed E-state index contributed by atoms with van der Waals surface area (Å²) >= 11 is 4.73. The lowest BCUT2D eigenvalue weighted by Crippen LogP contribution is -2.21. The van der Waals surface area contributed by atoms with Crippen LogP contribution in [-0.2, 0) is 17.9 Å². The van der Waals surface area contributed by atoms with Crippen LogP contribution in [0.2, 0.25) is 0 Å². The summed E-state index contributed by atoms with van der Waals surface area (Å²) < 4.78 is 2.95. The minimum absolute atomic E-state index is 0.170. The number of hydrogen-bond donors (Lipinski definition) is 2. The van der Waals surface area contributed by atoms with Crippen molar-refractivity contribution in [1.82, 2.24) is 20.2 Å². The lowest BCUT2D eigenvalue weighted by atomic mass is 10.1. The molecule has 4 aromatic rings. The third kappa shape index (κ3) is 6.37. The minimum atomic E-state index is -0.213. The van der Waals surface area contributed by atoms with Crippen molar-refractivity contribution in [3.8, 4) is 0 Å². The highest BCUT2D eigenvalue weighted by Crippen LogP contribution is 2.24. The Hall–Kier alpha value is -3.43. The van der Waals surface area contributed by atoms with Crippen LogP contribution in [0.1, 0.15) is 18.3 Å². The highest BCUT2D eigenvalue weighted by Gasteiger charge is 2.14. The van der Waals surface area contributed by atoms with E-state index in [1.54, 1.807) is 6.08 Å². The lowest BCUT2D eigenvalue weighted by Gasteiger charge is -2.11. The molecule has 3 aromatic carbocycles. The third-order valence-corrected chi connectivity index (χ3v) is 6.77. The molecule has 0 aliphatic heterocycles. The Morgan fingerprint density at radius 1 is 1.11 bits per heavy atom. The zero-order valence-electron chi connectivity index (χ0n) is 19.2. The van der Waals surface area contributed by atoms with Gasteiger partial charge in [-0.1, -0.05) is 82.3 Å². The number of amides is 1. The van der Waals surface area contributed by atoms with Gasteiger partial charge in [-0.25, -0.2) is 5.43 Å². The SMILES string of the molecule is C=CCn1c(CNc2cccc3ccccc23)nnc1SCC(=O)N/N=C(\C)c1ccc(Br)cc1. The van der Waals surface area contributed by atoms with E-state index in [0.717, 1.165) is 32.6 Å². The molecule has 35 heavy (non-hydrogen) atoms. The first-order valence-corrected chi connectivity index (χ1v) is 12.8. The normalized spacial score (nSPS) is 11.4. The van der Waals surface area contributed by atoms with Crippen molar-refractivity contribution >= 4 is 55.8 Å². The summed E-state index contributed by atoms with van der Waals surface area (Å²) in [7, 11) is 0. The van der Waals surface area contributed by atoms with Gasteiger partial charge in [-0.05, 0) is 36.1 Å². The van der Waals surface area contributed by atoms with Crippen LogP contribution in [0.15, 0.2) is 94.1 Å². The highest BCUT2D eigenvalue weighted by atomic mass is 79.9. The van der Waals surface area contributed by atoms with Crippen LogP contribution in [0.4, 0.5) is 5.69 Å². The number of hydrogen-bond acceptors (Lipinski definition) is 6. The zero-order valence-corrected chi connectivity index (χ0v) is 21.6. The molecule has 2 N–H and O–H groups in total. The molecule has 0 atom stereocenters. The van der Waals surface area contributed by atoms with Crippen molar-refractivity contribution in [1.29, 1.82) is 0 Å². The van der Waals surface area contributed by atoms with Crippen LogP contribution in [0.25, 0.3) is 10.8 Å². The molecule has 0 unspecified atom stereocenters. The Balaban J connectivity index is 1.38. The molecule has 1 amide bonds. The van der Waals surface area contributed by atoms with Gasteiger partial charge in [0.15, 0.2) is 11.0 Å². The van der Waals surface area contributed by atoms with Crippen LogP contribution in [-0.4, -0.2) is 32.1 Å². The highest BCUT2D eigenvalue weighted by molar-refractivity contribution is 9.10. The number of thioether (sulfide) groups is 1. The maximum atomic E-state index is 12.4. The van der Waals surface area contributed by atoms with E-state index in [-0.39, 0.29) is 11.7 Å². The van der Waals surface area contributed by atoms with Gasteiger partial charge in [-0.2, -0.15) is 5.10 Å². The molecule has 178 valence electrons. The van der Waals surface area contributed by atoms with Crippen molar-refractivity contribution in [2.24, 2.45) is 5.10 Å². The zero-order chi connectivity index (χ0) is 24.6. The summed E-state index contributed by atoms with van der Waals surface area (Å²) in [6, 6.07) is 22.1. The first-order chi connectivity index (χ1) is 17.0. The summed E-state index contributed by atoms with van der Waals surface area (Å²) in [4.78, 5) is 12.4. The van der Waals surface area contributed by atoms with Crippen LogP contribution >= 0.6 is 27.7 Å². The fraction of sp³-hybridized carbons (Fsp3) is 0.154. The number of aromatic nitrogens is 3. The molecule has 0 aliphatic carbocycles. The van der Waals surface area contributed by atoms with Crippen molar-refractivity contribution in [3.05, 3.63) is 95.2 Å².